The van der Waals surface area contributed by atoms with Crippen LogP contribution >= 0.6 is 0 Å². The summed E-state index contributed by atoms with van der Waals surface area (Å²) in [5.41, 5.74) is 1.25. The molecule has 0 aliphatic carbocycles. The number of para-hydroxylation sites is 2. The highest BCUT2D eigenvalue weighted by Gasteiger charge is 2.09. The molecule has 2 aromatic rings. The smallest absolute Gasteiger partial charge is 0.255 e. The molecule has 4 nitrogen and oxygen atoms in total. The molecule has 0 radical (unpaired) electrons. The van der Waals surface area contributed by atoms with Crippen molar-refractivity contribution in [2.75, 3.05) is 19.0 Å². The molecular weight excluding hydrogens is 278 g/mol. The van der Waals surface area contributed by atoms with Crippen LogP contribution in [0, 0.1) is 0 Å². The summed E-state index contributed by atoms with van der Waals surface area (Å²) in [5, 5.41) is 2.89. The lowest BCUT2D eigenvalue weighted by atomic mass is 10.2. The van der Waals surface area contributed by atoms with Crippen LogP contribution in [0.3, 0.4) is 0 Å². The standard InChI is InChI=1S/C18H21NO3/c1-3-4-13-22-17-8-6-5-7-16(17)19-18(20)14-9-11-15(21-2)12-10-14/h5-12H,3-4,13H2,1-2H3,(H,19,20). The Hall–Kier alpha value is -2.49. The third-order valence-corrected chi connectivity index (χ3v) is 3.24. The van der Waals surface area contributed by atoms with Crippen molar-refractivity contribution < 1.29 is 14.3 Å². The van der Waals surface area contributed by atoms with Gasteiger partial charge in [-0.1, -0.05) is 25.5 Å². The number of hydrogen-bond acceptors (Lipinski definition) is 3. The molecule has 0 spiro atoms. The van der Waals surface area contributed by atoms with Crippen LogP contribution in [0.5, 0.6) is 11.5 Å². The van der Waals surface area contributed by atoms with Crippen LogP contribution in [0.25, 0.3) is 0 Å². The number of carbonyl (C=O) groups is 1. The van der Waals surface area contributed by atoms with Crippen LogP contribution in [0.2, 0.25) is 0 Å². The van der Waals surface area contributed by atoms with E-state index >= 15 is 0 Å². The minimum Gasteiger partial charge on any atom is -0.497 e. The van der Waals surface area contributed by atoms with Crippen LogP contribution in [0.1, 0.15) is 30.1 Å². The second kappa shape index (κ2) is 8.08. The second-order valence-corrected chi connectivity index (χ2v) is 4.88. The Kier molecular flexibility index (Phi) is 5.83. The van der Waals surface area contributed by atoms with Gasteiger partial charge in [0.1, 0.15) is 11.5 Å². The Morgan fingerprint density at radius 2 is 1.82 bits per heavy atom. The zero-order valence-corrected chi connectivity index (χ0v) is 13.0. The largest absolute Gasteiger partial charge is 0.497 e. The number of ether oxygens (including phenoxy) is 2. The summed E-state index contributed by atoms with van der Waals surface area (Å²) < 4.78 is 10.8. The molecule has 0 aromatic heterocycles. The highest BCUT2D eigenvalue weighted by Crippen LogP contribution is 2.25. The van der Waals surface area contributed by atoms with Gasteiger partial charge in [-0.2, -0.15) is 0 Å². The summed E-state index contributed by atoms with van der Waals surface area (Å²) in [7, 11) is 1.60. The third-order valence-electron chi connectivity index (χ3n) is 3.24. The molecule has 0 heterocycles. The predicted molar refractivity (Wildman–Crippen MR) is 87.8 cm³/mol. The van der Waals surface area contributed by atoms with Crippen LogP contribution in [0.4, 0.5) is 5.69 Å². The summed E-state index contributed by atoms with van der Waals surface area (Å²) in [6, 6.07) is 14.4. The highest BCUT2D eigenvalue weighted by atomic mass is 16.5. The van der Waals surface area contributed by atoms with Crippen LogP contribution < -0.4 is 14.8 Å². The Morgan fingerprint density at radius 1 is 1.09 bits per heavy atom. The van der Waals surface area contributed by atoms with Gasteiger partial charge in [-0.3, -0.25) is 4.79 Å². The molecule has 0 unspecified atom stereocenters. The van der Waals surface area contributed by atoms with E-state index < -0.39 is 0 Å². The van der Waals surface area contributed by atoms with E-state index in [1.165, 1.54) is 0 Å². The Morgan fingerprint density at radius 3 is 2.50 bits per heavy atom. The molecule has 116 valence electrons. The summed E-state index contributed by atoms with van der Waals surface area (Å²) in [6.45, 7) is 2.76. The maximum Gasteiger partial charge on any atom is 0.255 e. The number of unbranched alkanes of at least 4 members (excludes halogenated alkanes) is 1. The fourth-order valence-corrected chi connectivity index (χ4v) is 1.96. The molecule has 2 rings (SSSR count). The lowest BCUT2D eigenvalue weighted by Gasteiger charge is -2.12. The zero-order valence-electron chi connectivity index (χ0n) is 13.0. The average Bonchev–Trinajstić information content (AvgIpc) is 2.56. The van der Waals surface area contributed by atoms with Crippen molar-refractivity contribution in [3.8, 4) is 11.5 Å². The van der Waals surface area contributed by atoms with E-state index in [4.69, 9.17) is 9.47 Å². The van der Waals surface area contributed by atoms with E-state index in [9.17, 15) is 4.79 Å². The normalized spacial score (nSPS) is 10.1. The SMILES string of the molecule is CCCCOc1ccccc1NC(=O)c1ccc(OC)cc1. The maximum atomic E-state index is 12.3. The van der Waals surface area contributed by atoms with Gasteiger partial charge >= 0.3 is 0 Å². The molecule has 1 amide bonds. The van der Waals surface area contributed by atoms with Gasteiger partial charge in [0.25, 0.3) is 5.91 Å². The van der Waals surface area contributed by atoms with Crippen molar-refractivity contribution in [2.45, 2.75) is 19.8 Å². The van der Waals surface area contributed by atoms with Crippen molar-refractivity contribution in [1.29, 1.82) is 0 Å². The molecular formula is C18H21NO3. The first kappa shape index (κ1) is 15.9. The molecule has 0 saturated heterocycles. The van der Waals surface area contributed by atoms with Gasteiger partial charge in [0.05, 0.1) is 19.4 Å². The average molecular weight is 299 g/mol. The predicted octanol–water partition coefficient (Wildman–Crippen LogP) is 4.13. The molecule has 0 fully saturated rings. The van der Waals surface area contributed by atoms with E-state index in [1.807, 2.05) is 24.3 Å². The molecule has 22 heavy (non-hydrogen) atoms. The summed E-state index contributed by atoms with van der Waals surface area (Å²) in [5.74, 6) is 1.24. The first-order valence-electron chi connectivity index (χ1n) is 7.42. The van der Waals surface area contributed by atoms with Gasteiger partial charge in [-0.15, -0.1) is 0 Å². The third kappa shape index (κ3) is 4.25. The number of methoxy groups -OCH3 is 1. The molecule has 4 heteroatoms. The molecule has 0 atom stereocenters. The number of benzene rings is 2. The first-order valence-corrected chi connectivity index (χ1v) is 7.42. The number of amides is 1. The number of hydrogen-bond donors (Lipinski definition) is 1. The molecule has 0 bridgehead atoms. The van der Waals surface area contributed by atoms with Crippen molar-refractivity contribution in [3.05, 3.63) is 54.1 Å². The fourth-order valence-electron chi connectivity index (χ4n) is 1.96. The molecule has 2 aromatic carbocycles. The lowest BCUT2D eigenvalue weighted by Crippen LogP contribution is -2.13. The maximum absolute atomic E-state index is 12.3. The summed E-state index contributed by atoms with van der Waals surface area (Å²) in [4.78, 5) is 12.3. The molecule has 0 aliphatic heterocycles. The first-order chi connectivity index (χ1) is 10.7. The van der Waals surface area contributed by atoms with Gasteiger partial charge < -0.3 is 14.8 Å². The number of nitrogens with one attached hydrogen (secondary N) is 1. The van der Waals surface area contributed by atoms with Gasteiger partial charge in [0.2, 0.25) is 0 Å². The monoisotopic (exact) mass is 299 g/mol. The van der Waals surface area contributed by atoms with Gasteiger partial charge in [0.15, 0.2) is 0 Å². The quantitative estimate of drug-likeness (QED) is 0.782. The van der Waals surface area contributed by atoms with E-state index in [2.05, 4.69) is 12.2 Å². The van der Waals surface area contributed by atoms with Crippen LogP contribution in [-0.2, 0) is 0 Å². The molecule has 1 N–H and O–H groups in total. The Bertz CT molecular complexity index is 608. The molecule has 0 aliphatic rings. The van der Waals surface area contributed by atoms with E-state index in [0.717, 1.165) is 18.6 Å². The van der Waals surface area contributed by atoms with Gasteiger partial charge in [-0.25, -0.2) is 0 Å². The molecule has 0 saturated carbocycles. The van der Waals surface area contributed by atoms with Gasteiger partial charge in [0, 0.05) is 5.56 Å². The Labute approximate surface area is 131 Å². The minimum atomic E-state index is -0.172. The second-order valence-electron chi connectivity index (χ2n) is 4.88. The zero-order chi connectivity index (χ0) is 15.8. The van der Waals surface area contributed by atoms with Crippen LogP contribution in [0.15, 0.2) is 48.5 Å². The van der Waals surface area contributed by atoms with Crippen molar-refractivity contribution >= 4 is 11.6 Å². The Balaban J connectivity index is 2.07. The van der Waals surface area contributed by atoms with Crippen molar-refractivity contribution in [3.63, 3.8) is 0 Å². The summed E-state index contributed by atoms with van der Waals surface area (Å²) >= 11 is 0. The van der Waals surface area contributed by atoms with E-state index in [1.54, 1.807) is 31.4 Å². The van der Waals surface area contributed by atoms with E-state index in [-0.39, 0.29) is 5.91 Å². The van der Waals surface area contributed by atoms with Gasteiger partial charge in [-0.05, 0) is 42.8 Å². The van der Waals surface area contributed by atoms with Crippen molar-refractivity contribution in [1.82, 2.24) is 0 Å². The highest BCUT2D eigenvalue weighted by molar-refractivity contribution is 6.05. The minimum absolute atomic E-state index is 0.172. The van der Waals surface area contributed by atoms with E-state index in [0.29, 0.717) is 23.6 Å². The summed E-state index contributed by atoms with van der Waals surface area (Å²) in [6.07, 6.45) is 2.06. The number of carbonyl (C=O) groups excluding carboxylic acids is 1. The topological polar surface area (TPSA) is 47.6 Å². The fraction of sp³-hybridized carbons (Fsp3) is 0.278. The van der Waals surface area contributed by atoms with Crippen molar-refractivity contribution in [2.24, 2.45) is 0 Å². The number of rotatable bonds is 7. The van der Waals surface area contributed by atoms with Crippen LogP contribution in [-0.4, -0.2) is 19.6 Å². The number of anilines is 1. The lowest BCUT2D eigenvalue weighted by molar-refractivity contribution is 0.102.